The third-order valence-electron chi connectivity index (χ3n) is 7.93. The van der Waals surface area contributed by atoms with Gasteiger partial charge in [-0.25, -0.2) is 0 Å². The number of benzene rings is 2. The fourth-order valence-corrected chi connectivity index (χ4v) is 6.32. The Labute approximate surface area is 216 Å². The SMILES string of the molecule is COc1ccc(CCN2C(=O)C3C(C2=O)[C@@H]2CCCC2=C[C@@H]3CC(=O)c2ccc(Cl)cc2)cc1OC. The lowest BCUT2D eigenvalue weighted by atomic mass is 9.67. The van der Waals surface area contributed by atoms with Crippen molar-refractivity contribution < 1.29 is 23.9 Å². The number of amides is 2. The van der Waals surface area contributed by atoms with Crippen LogP contribution in [0.1, 0.15) is 41.6 Å². The largest absolute Gasteiger partial charge is 0.493 e. The van der Waals surface area contributed by atoms with E-state index in [0.717, 1.165) is 24.8 Å². The van der Waals surface area contributed by atoms with Crippen LogP contribution in [0.25, 0.3) is 0 Å². The predicted molar refractivity (Wildman–Crippen MR) is 136 cm³/mol. The Kier molecular flexibility index (Phi) is 6.89. The van der Waals surface area contributed by atoms with Crippen molar-refractivity contribution in [3.8, 4) is 11.5 Å². The van der Waals surface area contributed by atoms with Gasteiger partial charge in [0, 0.05) is 23.6 Å². The van der Waals surface area contributed by atoms with Crippen LogP contribution in [-0.2, 0) is 16.0 Å². The molecule has 2 amide bonds. The van der Waals surface area contributed by atoms with E-state index in [2.05, 4.69) is 6.08 Å². The summed E-state index contributed by atoms with van der Waals surface area (Å²) in [6, 6.07) is 12.5. The van der Waals surface area contributed by atoms with E-state index in [-0.39, 0.29) is 41.8 Å². The van der Waals surface area contributed by atoms with Crippen LogP contribution in [-0.4, -0.2) is 43.3 Å². The molecule has 2 unspecified atom stereocenters. The van der Waals surface area contributed by atoms with Crippen LogP contribution >= 0.6 is 11.6 Å². The van der Waals surface area contributed by atoms with E-state index in [1.54, 1.807) is 38.5 Å². The minimum atomic E-state index is -0.481. The number of Topliss-reactive ketones (excluding diaryl/α,β-unsaturated/α-hetero) is 1. The molecule has 0 bridgehead atoms. The van der Waals surface area contributed by atoms with Crippen LogP contribution in [0.3, 0.4) is 0 Å². The number of imide groups is 1. The number of methoxy groups -OCH3 is 2. The second kappa shape index (κ2) is 10.1. The van der Waals surface area contributed by atoms with Crippen molar-refractivity contribution in [1.82, 2.24) is 4.90 Å². The molecule has 2 fully saturated rings. The third kappa shape index (κ3) is 4.43. The summed E-state index contributed by atoms with van der Waals surface area (Å²) in [5.41, 5.74) is 2.77. The average molecular weight is 508 g/mol. The lowest BCUT2D eigenvalue weighted by Gasteiger charge is -2.33. The fraction of sp³-hybridized carbons (Fsp3) is 0.414. The monoisotopic (exact) mass is 507 g/mol. The zero-order valence-corrected chi connectivity index (χ0v) is 21.3. The molecule has 0 radical (unpaired) electrons. The second-order valence-corrected chi connectivity index (χ2v) is 10.3. The topological polar surface area (TPSA) is 72.9 Å². The van der Waals surface area contributed by atoms with Gasteiger partial charge in [-0.1, -0.05) is 29.3 Å². The van der Waals surface area contributed by atoms with Gasteiger partial charge in [0.2, 0.25) is 11.8 Å². The number of fused-ring (bicyclic) bond motifs is 3. The summed E-state index contributed by atoms with van der Waals surface area (Å²) in [6.45, 7) is 0.306. The molecule has 1 saturated carbocycles. The smallest absolute Gasteiger partial charge is 0.233 e. The molecule has 2 aliphatic carbocycles. The van der Waals surface area contributed by atoms with Gasteiger partial charge in [-0.2, -0.15) is 0 Å². The number of allylic oxidation sites excluding steroid dienone is 2. The normalized spacial score (nSPS) is 24.9. The van der Waals surface area contributed by atoms with E-state index < -0.39 is 5.92 Å². The molecule has 5 rings (SSSR count). The van der Waals surface area contributed by atoms with E-state index in [0.29, 0.717) is 35.1 Å². The summed E-state index contributed by atoms with van der Waals surface area (Å²) in [5, 5.41) is 0.571. The number of ketones is 1. The average Bonchev–Trinajstić information content (AvgIpc) is 3.45. The lowest BCUT2D eigenvalue weighted by Crippen LogP contribution is -2.35. The van der Waals surface area contributed by atoms with Crippen molar-refractivity contribution in [2.24, 2.45) is 23.7 Å². The van der Waals surface area contributed by atoms with E-state index >= 15 is 0 Å². The van der Waals surface area contributed by atoms with E-state index in [4.69, 9.17) is 21.1 Å². The molecular formula is C29H30ClNO5. The summed E-state index contributed by atoms with van der Waals surface area (Å²) < 4.78 is 10.7. The summed E-state index contributed by atoms with van der Waals surface area (Å²) in [4.78, 5) is 41.8. The highest BCUT2D eigenvalue weighted by Crippen LogP contribution is 2.51. The van der Waals surface area contributed by atoms with Gasteiger partial charge in [-0.15, -0.1) is 0 Å². The molecule has 2 aromatic carbocycles. The van der Waals surface area contributed by atoms with Crippen LogP contribution < -0.4 is 9.47 Å². The first-order valence-corrected chi connectivity index (χ1v) is 12.8. The molecule has 188 valence electrons. The van der Waals surface area contributed by atoms with Crippen molar-refractivity contribution >= 4 is 29.2 Å². The molecule has 36 heavy (non-hydrogen) atoms. The van der Waals surface area contributed by atoms with Gasteiger partial charge < -0.3 is 9.47 Å². The van der Waals surface area contributed by atoms with Crippen molar-refractivity contribution in [2.45, 2.75) is 32.1 Å². The number of likely N-dealkylation sites (tertiary alicyclic amines) is 1. The Morgan fingerprint density at radius 3 is 2.44 bits per heavy atom. The van der Waals surface area contributed by atoms with Crippen LogP contribution in [0.4, 0.5) is 0 Å². The molecule has 1 saturated heterocycles. The Morgan fingerprint density at radius 1 is 1.00 bits per heavy atom. The Balaban J connectivity index is 1.36. The first-order valence-electron chi connectivity index (χ1n) is 12.5. The number of hydrogen-bond acceptors (Lipinski definition) is 5. The Bertz CT molecular complexity index is 1220. The van der Waals surface area contributed by atoms with Crippen LogP contribution in [0.5, 0.6) is 11.5 Å². The van der Waals surface area contributed by atoms with Crippen molar-refractivity contribution in [3.05, 3.63) is 70.3 Å². The highest BCUT2D eigenvalue weighted by Gasteiger charge is 2.56. The fourth-order valence-electron chi connectivity index (χ4n) is 6.19. The number of hydrogen-bond donors (Lipinski definition) is 0. The van der Waals surface area contributed by atoms with Gasteiger partial charge in [0.05, 0.1) is 26.1 Å². The molecule has 7 heteroatoms. The van der Waals surface area contributed by atoms with Crippen molar-refractivity contribution in [3.63, 3.8) is 0 Å². The first-order chi connectivity index (χ1) is 17.4. The first kappa shape index (κ1) is 24.6. The zero-order valence-electron chi connectivity index (χ0n) is 20.5. The molecule has 3 aliphatic rings. The van der Waals surface area contributed by atoms with Crippen LogP contribution in [0.15, 0.2) is 54.1 Å². The van der Waals surface area contributed by atoms with E-state index in [1.165, 1.54) is 10.5 Å². The molecular weight excluding hydrogens is 478 g/mol. The van der Waals surface area contributed by atoms with E-state index in [9.17, 15) is 14.4 Å². The van der Waals surface area contributed by atoms with Crippen LogP contribution in [0.2, 0.25) is 5.02 Å². The van der Waals surface area contributed by atoms with Gasteiger partial charge in [-0.3, -0.25) is 19.3 Å². The van der Waals surface area contributed by atoms with Gasteiger partial charge in [0.25, 0.3) is 0 Å². The van der Waals surface area contributed by atoms with Crippen molar-refractivity contribution in [1.29, 1.82) is 0 Å². The molecule has 6 nitrogen and oxygen atoms in total. The number of nitrogens with zero attached hydrogens (tertiary/aromatic N) is 1. The molecule has 1 heterocycles. The van der Waals surface area contributed by atoms with Gasteiger partial charge in [-0.05, 0) is 79.5 Å². The summed E-state index contributed by atoms with van der Waals surface area (Å²) >= 11 is 5.98. The standard InChI is InChI=1S/C29H30ClNO5/c1-35-24-11-6-17(14-25(24)36-2)12-13-31-28(33)26-20(16-23(32)18-7-9-21(30)10-8-18)15-19-4-3-5-22(19)27(26)29(31)34/h6-11,14-15,20,22,26-27H,3-5,12-13,16H2,1-2H3/t20-,22-,26?,27?/m1/s1. The maximum atomic E-state index is 13.7. The lowest BCUT2D eigenvalue weighted by molar-refractivity contribution is -0.140. The molecule has 0 aromatic heterocycles. The van der Waals surface area contributed by atoms with Crippen LogP contribution in [0, 0.1) is 23.7 Å². The predicted octanol–water partition coefficient (Wildman–Crippen LogP) is 5.13. The quantitative estimate of drug-likeness (QED) is 0.281. The number of ether oxygens (including phenoxy) is 2. The number of halogens is 1. The minimum absolute atomic E-state index is 0.0345. The molecule has 0 N–H and O–H groups in total. The third-order valence-corrected chi connectivity index (χ3v) is 8.18. The van der Waals surface area contributed by atoms with Crippen molar-refractivity contribution in [2.75, 3.05) is 20.8 Å². The Morgan fingerprint density at radius 2 is 1.72 bits per heavy atom. The number of carbonyl (C=O) groups is 3. The summed E-state index contributed by atoms with van der Waals surface area (Å²) in [7, 11) is 3.16. The second-order valence-electron chi connectivity index (χ2n) is 9.86. The highest BCUT2D eigenvalue weighted by molar-refractivity contribution is 6.30. The molecule has 1 aliphatic heterocycles. The molecule has 4 atom stereocenters. The number of carbonyl (C=O) groups excluding carboxylic acids is 3. The maximum absolute atomic E-state index is 13.7. The number of rotatable bonds is 8. The van der Waals surface area contributed by atoms with Gasteiger partial charge in [0.15, 0.2) is 17.3 Å². The summed E-state index contributed by atoms with van der Waals surface area (Å²) in [6.07, 6.45) is 5.75. The van der Waals surface area contributed by atoms with Gasteiger partial charge >= 0.3 is 0 Å². The highest BCUT2D eigenvalue weighted by atomic mass is 35.5. The molecule has 0 spiro atoms. The Hall–Kier alpha value is -3.12. The van der Waals surface area contributed by atoms with E-state index in [1.807, 2.05) is 18.2 Å². The minimum Gasteiger partial charge on any atom is -0.493 e. The van der Waals surface area contributed by atoms with Gasteiger partial charge in [0.1, 0.15) is 0 Å². The zero-order chi connectivity index (χ0) is 25.4. The summed E-state index contributed by atoms with van der Waals surface area (Å²) in [5.74, 6) is -0.0397. The maximum Gasteiger partial charge on any atom is 0.233 e. The molecule has 2 aromatic rings.